The maximum atomic E-state index is 9.86. The van der Waals surface area contributed by atoms with Gasteiger partial charge >= 0.3 is 7.60 Å². The summed E-state index contributed by atoms with van der Waals surface area (Å²) in [5, 5.41) is 2.34. The minimum Gasteiger partial charge on any atom is -0.324 e. The predicted molar refractivity (Wildman–Crippen MR) is 26.0 cm³/mol. The topological polar surface area (TPSA) is 69.6 Å². The van der Waals surface area contributed by atoms with Crippen molar-refractivity contribution in [1.82, 2.24) is 5.32 Å². The molecule has 0 heterocycles. The summed E-state index contributed by atoms with van der Waals surface area (Å²) in [7, 11) is -2.29. The van der Waals surface area contributed by atoms with Gasteiger partial charge in [0.25, 0.3) is 0 Å². The molecule has 0 saturated heterocycles. The van der Waals surface area contributed by atoms with Crippen LogP contribution in [0.1, 0.15) is 0 Å². The first-order chi connectivity index (χ1) is 3.06. The van der Waals surface area contributed by atoms with Crippen LogP contribution in [0.4, 0.5) is 0 Å². The van der Waals surface area contributed by atoms with E-state index < -0.39 is 7.60 Å². The van der Waals surface area contributed by atoms with Gasteiger partial charge in [0.15, 0.2) is 0 Å². The van der Waals surface area contributed by atoms with Gasteiger partial charge in [-0.2, -0.15) is 0 Å². The monoisotopic (exact) mass is 125 g/mol. The van der Waals surface area contributed by atoms with Crippen molar-refractivity contribution in [2.24, 2.45) is 0 Å². The van der Waals surface area contributed by atoms with Gasteiger partial charge in [-0.05, 0) is 7.05 Å². The van der Waals surface area contributed by atoms with E-state index in [1.165, 1.54) is 7.05 Å². The van der Waals surface area contributed by atoms with E-state index in [9.17, 15) is 4.57 Å². The summed E-state index contributed by atoms with van der Waals surface area (Å²) < 4.78 is 9.86. The summed E-state index contributed by atoms with van der Waals surface area (Å²) in [5.74, 6) is 0. The molecule has 7 heavy (non-hydrogen) atoms. The molecule has 0 aromatic heterocycles. The first-order valence-corrected chi connectivity index (χ1v) is 3.55. The van der Waals surface area contributed by atoms with Crippen molar-refractivity contribution in [1.29, 1.82) is 0 Å². The molecule has 0 aromatic carbocycles. The van der Waals surface area contributed by atoms with E-state index in [2.05, 4.69) is 5.32 Å². The normalized spacial score (nSPS) is 11.9. The predicted octanol–water partition coefficient (Wildman–Crippen LogP) is -0.659. The number of nitrogens with one attached hydrogen (secondary N) is 1. The van der Waals surface area contributed by atoms with E-state index in [0.717, 1.165) is 0 Å². The molecule has 5 heteroatoms. The third kappa shape index (κ3) is 6.11. The van der Waals surface area contributed by atoms with E-state index in [4.69, 9.17) is 9.79 Å². The summed E-state index contributed by atoms with van der Waals surface area (Å²) >= 11 is 0. The SMILES string of the molecule is CNCP(=O)(O)O. The Hall–Kier alpha value is 0.110. The summed E-state index contributed by atoms with van der Waals surface area (Å²) in [6.07, 6.45) is -0.243. The van der Waals surface area contributed by atoms with Crippen LogP contribution in [0, 0.1) is 0 Å². The molecule has 0 aromatic rings. The molecule has 44 valence electrons. The number of hydrogen-bond acceptors (Lipinski definition) is 2. The van der Waals surface area contributed by atoms with Gasteiger partial charge < -0.3 is 15.1 Å². The van der Waals surface area contributed by atoms with Gasteiger partial charge in [-0.1, -0.05) is 0 Å². The molecule has 0 radical (unpaired) electrons. The lowest BCUT2D eigenvalue weighted by atomic mass is 11.3. The van der Waals surface area contributed by atoms with E-state index in [1.54, 1.807) is 0 Å². The zero-order valence-electron chi connectivity index (χ0n) is 3.96. The Morgan fingerprint density at radius 1 is 1.71 bits per heavy atom. The average Bonchev–Trinajstić information content (AvgIpc) is 1.30. The molecule has 0 unspecified atom stereocenters. The third-order valence-corrected chi connectivity index (χ3v) is 1.09. The summed E-state index contributed by atoms with van der Waals surface area (Å²) in [6, 6.07) is 0. The Bertz CT molecular complexity index is 86.9. The number of rotatable bonds is 2. The Labute approximate surface area is 41.7 Å². The van der Waals surface area contributed by atoms with Crippen molar-refractivity contribution in [3.63, 3.8) is 0 Å². The lowest BCUT2D eigenvalue weighted by Crippen LogP contribution is -2.07. The van der Waals surface area contributed by atoms with Crippen molar-refractivity contribution in [2.75, 3.05) is 13.3 Å². The largest absolute Gasteiger partial charge is 0.339 e. The first kappa shape index (κ1) is 7.11. The number of hydrogen-bond donors (Lipinski definition) is 3. The Morgan fingerprint density at radius 3 is 2.14 bits per heavy atom. The highest BCUT2D eigenvalue weighted by molar-refractivity contribution is 7.51. The molecule has 0 spiro atoms. The van der Waals surface area contributed by atoms with Gasteiger partial charge in [-0.15, -0.1) is 0 Å². The van der Waals surface area contributed by atoms with Gasteiger partial charge in [0, 0.05) is 0 Å². The van der Waals surface area contributed by atoms with Crippen LogP contribution in [0.2, 0.25) is 0 Å². The van der Waals surface area contributed by atoms with Crippen LogP contribution in [-0.2, 0) is 4.57 Å². The van der Waals surface area contributed by atoms with Crippen molar-refractivity contribution >= 4 is 7.60 Å². The van der Waals surface area contributed by atoms with Gasteiger partial charge in [0.05, 0.1) is 6.29 Å². The van der Waals surface area contributed by atoms with E-state index in [-0.39, 0.29) is 6.29 Å². The molecule has 0 aliphatic carbocycles. The standard InChI is InChI=1S/C2H8NO3P/c1-3-2-7(4,5)6/h3H,2H2,1H3,(H2,4,5,6). The zero-order valence-corrected chi connectivity index (χ0v) is 4.85. The quantitative estimate of drug-likeness (QED) is 0.428. The van der Waals surface area contributed by atoms with Crippen LogP contribution >= 0.6 is 7.60 Å². The van der Waals surface area contributed by atoms with Crippen molar-refractivity contribution in [2.45, 2.75) is 0 Å². The summed E-state index contributed by atoms with van der Waals surface area (Å²) in [5.41, 5.74) is 0. The molecular formula is C2H8NO3P. The van der Waals surface area contributed by atoms with Crippen LogP contribution in [0.15, 0.2) is 0 Å². The molecule has 3 N–H and O–H groups in total. The Balaban J connectivity index is 3.36. The van der Waals surface area contributed by atoms with Gasteiger partial charge in [-0.3, -0.25) is 4.57 Å². The van der Waals surface area contributed by atoms with Crippen LogP contribution in [0.5, 0.6) is 0 Å². The summed E-state index contributed by atoms with van der Waals surface area (Å²) in [4.78, 5) is 16.1. The van der Waals surface area contributed by atoms with Gasteiger partial charge in [-0.25, -0.2) is 0 Å². The van der Waals surface area contributed by atoms with Crippen LogP contribution in [0.25, 0.3) is 0 Å². The highest BCUT2D eigenvalue weighted by Crippen LogP contribution is 2.31. The molecule has 0 rings (SSSR count). The average molecular weight is 125 g/mol. The summed E-state index contributed by atoms with van der Waals surface area (Å²) in [6.45, 7) is 0. The zero-order chi connectivity index (χ0) is 5.91. The van der Waals surface area contributed by atoms with Crippen LogP contribution in [-0.4, -0.2) is 23.1 Å². The molecule has 4 nitrogen and oxygen atoms in total. The third-order valence-electron chi connectivity index (χ3n) is 0.364. The second-order valence-corrected chi connectivity index (χ2v) is 2.82. The van der Waals surface area contributed by atoms with E-state index in [0.29, 0.717) is 0 Å². The Morgan fingerprint density at radius 2 is 2.14 bits per heavy atom. The minimum atomic E-state index is -3.78. The fourth-order valence-corrected chi connectivity index (χ4v) is 0.618. The maximum Gasteiger partial charge on any atom is 0.339 e. The van der Waals surface area contributed by atoms with E-state index >= 15 is 0 Å². The molecule has 0 atom stereocenters. The molecule has 0 bridgehead atoms. The van der Waals surface area contributed by atoms with Gasteiger partial charge in [0.2, 0.25) is 0 Å². The Kier molecular flexibility index (Phi) is 2.46. The second-order valence-electron chi connectivity index (χ2n) is 1.18. The fraction of sp³-hybridized carbons (Fsp3) is 1.00. The first-order valence-electron chi connectivity index (χ1n) is 1.75. The lowest BCUT2D eigenvalue weighted by molar-refractivity contribution is 0.370. The lowest BCUT2D eigenvalue weighted by Gasteiger charge is -1.98. The maximum absolute atomic E-state index is 9.86. The van der Waals surface area contributed by atoms with Gasteiger partial charge in [0.1, 0.15) is 0 Å². The van der Waals surface area contributed by atoms with Crippen molar-refractivity contribution in [3.8, 4) is 0 Å². The van der Waals surface area contributed by atoms with Crippen molar-refractivity contribution < 1.29 is 14.4 Å². The second kappa shape index (κ2) is 2.43. The highest BCUT2D eigenvalue weighted by atomic mass is 31.2. The molecule has 0 saturated carbocycles. The molecule has 0 fully saturated rings. The molecule has 0 aliphatic heterocycles. The fourth-order valence-electron chi connectivity index (χ4n) is 0.206. The highest BCUT2D eigenvalue weighted by Gasteiger charge is 2.08. The van der Waals surface area contributed by atoms with Crippen LogP contribution < -0.4 is 5.32 Å². The smallest absolute Gasteiger partial charge is 0.324 e. The molecule has 0 aliphatic rings. The molecular weight excluding hydrogens is 117 g/mol. The van der Waals surface area contributed by atoms with Crippen molar-refractivity contribution in [3.05, 3.63) is 0 Å². The minimum absolute atomic E-state index is 0.243. The van der Waals surface area contributed by atoms with E-state index in [1.807, 2.05) is 0 Å². The molecule has 0 amide bonds. The van der Waals surface area contributed by atoms with Crippen LogP contribution in [0.3, 0.4) is 0 Å².